The van der Waals surface area contributed by atoms with Crippen LogP contribution in [0.1, 0.15) is 36.8 Å². The zero-order valence-electron chi connectivity index (χ0n) is 12.8. The molecule has 0 bridgehead atoms. The minimum atomic E-state index is -1.76. The second kappa shape index (κ2) is 5.14. The quantitative estimate of drug-likeness (QED) is 0.637. The number of aldehydes is 1. The first-order valence-electron chi connectivity index (χ1n) is 6.80. The molecule has 4 nitrogen and oxygen atoms in total. The van der Waals surface area contributed by atoms with Crippen molar-refractivity contribution >= 4 is 20.3 Å². The van der Waals surface area contributed by atoms with E-state index in [-0.39, 0.29) is 5.04 Å². The SMILES string of the molecule is CC(C)(C)[Si](C)(C)OCc1cn2cc(C=O)ccc2n1. The largest absolute Gasteiger partial charge is 0.411 e. The van der Waals surface area contributed by atoms with Crippen LogP contribution in [0.3, 0.4) is 0 Å². The molecule has 108 valence electrons. The lowest BCUT2D eigenvalue weighted by Gasteiger charge is -2.35. The number of rotatable bonds is 4. The molecule has 5 heteroatoms. The zero-order valence-corrected chi connectivity index (χ0v) is 13.8. The monoisotopic (exact) mass is 290 g/mol. The van der Waals surface area contributed by atoms with Crippen molar-refractivity contribution in [1.29, 1.82) is 0 Å². The highest BCUT2D eigenvalue weighted by molar-refractivity contribution is 6.74. The summed E-state index contributed by atoms with van der Waals surface area (Å²) in [5, 5.41) is 0.191. The molecule has 2 aromatic rings. The minimum absolute atomic E-state index is 0.191. The van der Waals surface area contributed by atoms with E-state index in [1.807, 2.05) is 16.7 Å². The highest BCUT2D eigenvalue weighted by Gasteiger charge is 2.37. The Morgan fingerprint density at radius 2 is 2.00 bits per heavy atom. The average Bonchev–Trinajstić information content (AvgIpc) is 2.76. The number of nitrogens with zero attached hydrogens (tertiary/aromatic N) is 2. The molecule has 0 N–H and O–H groups in total. The van der Waals surface area contributed by atoms with Gasteiger partial charge in [-0.2, -0.15) is 0 Å². The first-order chi connectivity index (χ1) is 9.23. The van der Waals surface area contributed by atoms with E-state index in [9.17, 15) is 4.79 Å². The number of hydrogen-bond donors (Lipinski definition) is 0. The number of imidazole rings is 1. The van der Waals surface area contributed by atoms with E-state index < -0.39 is 8.32 Å². The summed E-state index contributed by atoms with van der Waals surface area (Å²) in [7, 11) is -1.76. The predicted octanol–water partition coefficient (Wildman–Crippen LogP) is 3.67. The Labute approximate surface area is 120 Å². The molecule has 2 rings (SSSR count). The van der Waals surface area contributed by atoms with Crippen LogP contribution in [0.2, 0.25) is 18.1 Å². The van der Waals surface area contributed by atoms with E-state index in [0.717, 1.165) is 17.6 Å². The molecule has 0 unspecified atom stereocenters. The summed E-state index contributed by atoms with van der Waals surface area (Å²) in [5.74, 6) is 0. The Kier molecular flexibility index (Phi) is 3.84. The first-order valence-corrected chi connectivity index (χ1v) is 9.70. The number of carbonyl (C=O) groups is 1. The predicted molar refractivity (Wildman–Crippen MR) is 82.6 cm³/mol. The average molecular weight is 290 g/mol. The summed E-state index contributed by atoms with van der Waals surface area (Å²) in [6, 6.07) is 3.62. The molecule has 0 amide bonds. The normalized spacial score (nSPS) is 12.8. The van der Waals surface area contributed by atoms with Crippen LogP contribution in [0.4, 0.5) is 0 Å². The molecular weight excluding hydrogens is 268 g/mol. The highest BCUT2D eigenvalue weighted by atomic mass is 28.4. The van der Waals surface area contributed by atoms with E-state index in [1.54, 1.807) is 12.3 Å². The number of pyridine rings is 1. The van der Waals surface area contributed by atoms with Crippen molar-refractivity contribution in [3.8, 4) is 0 Å². The molecule has 20 heavy (non-hydrogen) atoms. The lowest BCUT2D eigenvalue weighted by Crippen LogP contribution is -2.40. The molecule has 0 spiro atoms. The molecule has 0 radical (unpaired) electrons. The number of fused-ring (bicyclic) bond motifs is 1. The summed E-state index contributed by atoms with van der Waals surface area (Å²) in [6.45, 7) is 11.6. The molecule has 0 aliphatic heterocycles. The standard InChI is InChI=1S/C15H22N2O2Si/c1-15(2,3)20(4,5)19-11-13-9-17-8-12(10-18)6-7-14(17)16-13/h6-10H,11H2,1-5H3. The van der Waals surface area contributed by atoms with Gasteiger partial charge in [-0.3, -0.25) is 4.79 Å². The topological polar surface area (TPSA) is 43.6 Å². The summed E-state index contributed by atoms with van der Waals surface area (Å²) in [4.78, 5) is 15.3. The van der Waals surface area contributed by atoms with Gasteiger partial charge in [0.05, 0.1) is 12.3 Å². The first kappa shape index (κ1) is 14.9. The molecule has 0 aromatic carbocycles. The Bertz CT molecular complexity index is 626. The van der Waals surface area contributed by atoms with Gasteiger partial charge >= 0.3 is 0 Å². The maximum atomic E-state index is 10.8. The van der Waals surface area contributed by atoms with Gasteiger partial charge in [0.15, 0.2) is 14.6 Å². The lowest BCUT2D eigenvalue weighted by molar-refractivity contribution is 0.112. The molecule has 0 saturated heterocycles. The Balaban J connectivity index is 2.17. The van der Waals surface area contributed by atoms with Gasteiger partial charge in [0.2, 0.25) is 0 Å². The number of carbonyl (C=O) groups excluding carboxylic acids is 1. The zero-order chi connectivity index (χ0) is 15.0. The molecular formula is C15H22N2O2Si. The number of aromatic nitrogens is 2. The summed E-state index contributed by atoms with van der Waals surface area (Å²) < 4.78 is 8.03. The van der Waals surface area contributed by atoms with E-state index in [2.05, 4.69) is 38.8 Å². The van der Waals surface area contributed by atoms with Crippen molar-refractivity contribution in [2.45, 2.75) is 45.5 Å². The van der Waals surface area contributed by atoms with E-state index in [4.69, 9.17) is 4.43 Å². The van der Waals surface area contributed by atoms with Gasteiger partial charge in [0, 0.05) is 18.0 Å². The maximum absolute atomic E-state index is 10.8. The van der Waals surface area contributed by atoms with Crippen LogP contribution < -0.4 is 0 Å². The third-order valence-corrected chi connectivity index (χ3v) is 8.53. The van der Waals surface area contributed by atoms with Crippen molar-refractivity contribution in [3.05, 3.63) is 35.8 Å². The molecule has 2 aromatic heterocycles. The van der Waals surface area contributed by atoms with Crippen LogP contribution in [0.15, 0.2) is 24.5 Å². The fourth-order valence-electron chi connectivity index (χ4n) is 1.67. The van der Waals surface area contributed by atoms with E-state index >= 15 is 0 Å². The molecule has 0 atom stereocenters. The van der Waals surface area contributed by atoms with Gasteiger partial charge in [0.25, 0.3) is 0 Å². The van der Waals surface area contributed by atoms with Crippen LogP contribution in [-0.2, 0) is 11.0 Å². The third-order valence-electron chi connectivity index (χ3n) is 4.05. The highest BCUT2D eigenvalue weighted by Crippen LogP contribution is 2.36. The smallest absolute Gasteiger partial charge is 0.192 e. The molecule has 0 aliphatic rings. The van der Waals surface area contributed by atoms with E-state index in [1.165, 1.54) is 0 Å². The van der Waals surface area contributed by atoms with Crippen LogP contribution in [0, 0.1) is 0 Å². The van der Waals surface area contributed by atoms with Crippen molar-refractivity contribution in [2.75, 3.05) is 0 Å². The van der Waals surface area contributed by atoms with Gasteiger partial charge in [-0.25, -0.2) is 4.98 Å². The van der Waals surface area contributed by atoms with Crippen LogP contribution >= 0.6 is 0 Å². The Morgan fingerprint density at radius 1 is 1.30 bits per heavy atom. The second-order valence-corrected chi connectivity index (χ2v) is 11.4. The fourth-order valence-corrected chi connectivity index (χ4v) is 2.61. The molecule has 0 aliphatic carbocycles. The molecule has 2 heterocycles. The molecule has 0 fully saturated rings. The van der Waals surface area contributed by atoms with Gasteiger partial charge in [-0.1, -0.05) is 20.8 Å². The van der Waals surface area contributed by atoms with Crippen molar-refractivity contribution in [1.82, 2.24) is 9.38 Å². The maximum Gasteiger partial charge on any atom is 0.192 e. The van der Waals surface area contributed by atoms with Crippen LogP contribution in [0.5, 0.6) is 0 Å². The number of hydrogen-bond acceptors (Lipinski definition) is 3. The summed E-state index contributed by atoms with van der Waals surface area (Å²) in [5.41, 5.74) is 2.38. The second-order valence-electron chi connectivity index (χ2n) is 6.63. The van der Waals surface area contributed by atoms with Crippen molar-refractivity contribution in [3.63, 3.8) is 0 Å². The van der Waals surface area contributed by atoms with Crippen LogP contribution in [0.25, 0.3) is 5.65 Å². The van der Waals surface area contributed by atoms with Gasteiger partial charge in [-0.05, 0) is 30.3 Å². The lowest BCUT2D eigenvalue weighted by atomic mass is 10.2. The fraction of sp³-hybridized carbons (Fsp3) is 0.467. The van der Waals surface area contributed by atoms with Crippen LogP contribution in [-0.4, -0.2) is 24.0 Å². The molecule has 0 saturated carbocycles. The Morgan fingerprint density at radius 3 is 2.60 bits per heavy atom. The van der Waals surface area contributed by atoms with Gasteiger partial charge in [-0.15, -0.1) is 0 Å². The van der Waals surface area contributed by atoms with Gasteiger partial charge < -0.3 is 8.83 Å². The van der Waals surface area contributed by atoms with Gasteiger partial charge in [0.1, 0.15) is 5.65 Å². The Hall–Kier alpha value is -1.46. The van der Waals surface area contributed by atoms with E-state index in [0.29, 0.717) is 12.2 Å². The summed E-state index contributed by atoms with van der Waals surface area (Å²) >= 11 is 0. The third kappa shape index (κ3) is 2.99. The van der Waals surface area contributed by atoms with Crippen molar-refractivity contribution in [2.24, 2.45) is 0 Å². The summed E-state index contributed by atoms with van der Waals surface area (Å²) in [6.07, 6.45) is 4.55. The van der Waals surface area contributed by atoms with Crippen molar-refractivity contribution < 1.29 is 9.22 Å². The minimum Gasteiger partial charge on any atom is -0.411 e.